The van der Waals surface area contributed by atoms with Gasteiger partial charge in [-0.2, -0.15) is 5.26 Å². The van der Waals surface area contributed by atoms with Crippen LogP contribution in [0.15, 0.2) is 144 Å². The van der Waals surface area contributed by atoms with E-state index in [0.29, 0.717) is 11.3 Å². The fourth-order valence-corrected chi connectivity index (χ4v) is 5.90. The molecule has 43 heavy (non-hydrogen) atoms. The molecule has 2 heterocycles. The van der Waals surface area contributed by atoms with Gasteiger partial charge in [0.25, 0.3) is 0 Å². The summed E-state index contributed by atoms with van der Waals surface area (Å²) < 4.78 is 5.85. The van der Waals surface area contributed by atoms with Crippen molar-refractivity contribution in [3.05, 3.63) is 145 Å². The first-order valence-corrected chi connectivity index (χ1v) is 14.1. The van der Waals surface area contributed by atoms with Crippen LogP contribution >= 0.6 is 0 Å². The van der Waals surface area contributed by atoms with Gasteiger partial charge in [-0.3, -0.25) is 0 Å². The lowest BCUT2D eigenvalue weighted by Crippen LogP contribution is -1.87. The first kappa shape index (κ1) is 24.7. The Morgan fingerprint density at radius 3 is 1.60 bits per heavy atom. The number of fused-ring (bicyclic) bond motifs is 4. The highest BCUT2D eigenvalue weighted by molar-refractivity contribution is 6.05. The number of hydrogen-bond acceptors (Lipinski definition) is 4. The Labute approximate surface area is 248 Å². The van der Waals surface area contributed by atoms with Crippen molar-refractivity contribution < 1.29 is 4.42 Å². The van der Waals surface area contributed by atoms with Gasteiger partial charge in [-0.15, -0.1) is 0 Å². The van der Waals surface area contributed by atoms with Crippen molar-refractivity contribution in [1.82, 2.24) is 9.97 Å². The molecule has 0 aliphatic heterocycles. The molecule has 8 rings (SSSR count). The van der Waals surface area contributed by atoms with Gasteiger partial charge >= 0.3 is 0 Å². The van der Waals surface area contributed by atoms with Crippen LogP contribution in [0.25, 0.3) is 77.5 Å². The Morgan fingerprint density at radius 2 is 1.00 bits per heavy atom. The zero-order valence-electron chi connectivity index (χ0n) is 23.0. The van der Waals surface area contributed by atoms with Crippen LogP contribution < -0.4 is 0 Å². The number of rotatable bonds is 4. The standard InChI is InChI=1S/C39H23N3O/c40-24-25-5-7-26(8-6-25)27-9-13-29(14-10-27)32-18-19-33(35-4-2-1-3-34(32)35)30-15-11-28(12-16-30)31-17-20-37-36(23-31)38-39(43-37)42-22-21-41-38/h1-23H. The molecule has 4 heteroatoms. The summed E-state index contributed by atoms with van der Waals surface area (Å²) >= 11 is 0. The zero-order valence-corrected chi connectivity index (χ0v) is 23.0. The molecule has 6 aromatic carbocycles. The van der Waals surface area contributed by atoms with E-state index < -0.39 is 0 Å². The minimum absolute atomic E-state index is 0.558. The van der Waals surface area contributed by atoms with Gasteiger partial charge in [-0.1, -0.05) is 103 Å². The topological polar surface area (TPSA) is 62.7 Å². The van der Waals surface area contributed by atoms with Crippen molar-refractivity contribution in [2.45, 2.75) is 0 Å². The van der Waals surface area contributed by atoms with Gasteiger partial charge < -0.3 is 4.42 Å². The SMILES string of the molecule is N#Cc1ccc(-c2ccc(-c3ccc(-c4ccc(-c5ccc6oc7nccnc7c6c5)cc4)c4ccccc34)cc2)cc1. The highest BCUT2D eigenvalue weighted by Crippen LogP contribution is 2.37. The minimum atomic E-state index is 0.558. The van der Waals surface area contributed by atoms with Gasteiger partial charge in [-0.05, 0) is 79.5 Å². The fourth-order valence-electron chi connectivity index (χ4n) is 5.90. The van der Waals surface area contributed by atoms with Crippen LogP contribution in [-0.2, 0) is 0 Å². The quantitative estimate of drug-likeness (QED) is 0.219. The van der Waals surface area contributed by atoms with Gasteiger partial charge in [0.2, 0.25) is 5.71 Å². The van der Waals surface area contributed by atoms with E-state index in [1.165, 1.54) is 33.0 Å². The fraction of sp³-hybridized carbons (Fsp3) is 0. The third-order valence-electron chi connectivity index (χ3n) is 8.10. The molecule has 0 aliphatic rings. The molecule has 0 N–H and O–H groups in total. The van der Waals surface area contributed by atoms with Crippen molar-refractivity contribution in [2.75, 3.05) is 0 Å². The maximum Gasteiger partial charge on any atom is 0.246 e. The zero-order chi connectivity index (χ0) is 28.8. The second-order valence-corrected chi connectivity index (χ2v) is 10.6. The monoisotopic (exact) mass is 549 g/mol. The lowest BCUT2D eigenvalue weighted by atomic mass is 9.91. The molecular weight excluding hydrogens is 526 g/mol. The van der Waals surface area contributed by atoms with Crippen LogP contribution in [0.3, 0.4) is 0 Å². The van der Waals surface area contributed by atoms with Crippen molar-refractivity contribution in [2.24, 2.45) is 0 Å². The lowest BCUT2D eigenvalue weighted by molar-refractivity contribution is 0.653. The number of furan rings is 1. The predicted molar refractivity (Wildman–Crippen MR) is 173 cm³/mol. The number of aromatic nitrogens is 2. The van der Waals surface area contributed by atoms with Gasteiger partial charge in [0.1, 0.15) is 11.1 Å². The molecule has 0 saturated carbocycles. The molecular formula is C39H23N3O. The first-order chi connectivity index (χ1) is 21.2. The van der Waals surface area contributed by atoms with E-state index in [4.69, 9.17) is 9.68 Å². The summed E-state index contributed by atoms with van der Waals surface area (Å²) in [5.74, 6) is 0. The van der Waals surface area contributed by atoms with Gasteiger partial charge in [0.15, 0.2) is 0 Å². The van der Waals surface area contributed by atoms with E-state index in [9.17, 15) is 0 Å². The Hall–Kier alpha value is -6.05. The largest absolute Gasteiger partial charge is 0.436 e. The Morgan fingerprint density at radius 1 is 0.488 bits per heavy atom. The van der Waals surface area contributed by atoms with Crippen molar-refractivity contribution in [3.63, 3.8) is 0 Å². The maximum atomic E-state index is 9.10. The molecule has 0 unspecified atom stereocenters. The summed E-state index contributed by atoms with van der Waals surface area (Å²) in [7, 11) is 0. The van der Waals surface area contributed by atoms with Crippen molar-refractivity contribution in [1.29, 1.82) is 5.26 Å². The predicted octanol–water partition coefficient (Wildman–Crippen LogP) is 10.1. The van der Waals surface area contributed by atoms with E-state index in [0.717, 1.165) is 38.7 Å². The maximum absolute atomic E-state index is 9.10. The number of nitrogens with zero attached hydrogens (tertiary/aromatic N) is 3. The molecule has 0 spiro atoms. The summed E-state index contributed by atoms with van der Waals surface area (Å²) in [4.78, 5) is 8.77. The Balaban J connectivity index is 1.13. The van der Waals surface area contributed by atoms with Crippen LogP contribution in [0.5, 0.6) is 0 Å². The molecule has 0 fully saturated rings. The van der Waals surface area contributed by atoms with Crippen LogP contribution in [0, 0.1) is 11.3 Å². The van der Waals surface area contributed by atoms with E-state index in [-0.39, 0.29) is 0 Å². The van der Waals surface area contributed by atoms with E-state index in [2.05, 4.69) is 113 Å². The van der Waals surface area contributed by atoms with Crippen LogP contribution in [-0.4, -0.2) is 9.97 Å². The highest BCUT2D eigenvalue weighted by atomic mass is 16.3. The van der Waals surface area contributed by atoms with Crippen LogP contribution in [0.1, 0.15) is 5.56 Å². The molecule has 0 amide bonds. The normalized spacial score (nSPS) is 11.2. The number of nitriles is 1. The molecule has 4 nitrogen and oxygen atoms in total. The second-order valence-electron chi connectivity index (χ2n) is 10.6. The molecule has 0 saturated heterocycles. The smallest absolute Gasteiger partial charge is 0.246 e. The van der Waals surface area contributed by atoms with E-state index in [1.54, 1.807) is 12.4 Å². The molecule has 8 aromatic rings. The summed E-state index contributed by atoms with van der Waals surface area (Å²) in [6, 6.07) is 46.5. The molecule has 200 valence electrons. The third-order valence-corrected chi connectivity index (χ3v) is 8.10. The molecule has 0 radical (unpaired) electrons. The number of benzene rings is 6. The van der Waals surface area contributed by atoms with Crippen LogP contribution in [0.4, 0.5) is 0 Å². The van der Waals surface area contributed by atoms with E-state index in [1.807, 2.05) is 30.3 Å². The van der Waals surface area contributed by atoms with Crippen molar-refractivity contribution >= 4 is 33.0 Å². The minimum Gasteiger partial charge on any atom is -0.436 e. The van der Waals surface area contributed by atoms with E-state index >= 15 is 0 Å². The molecule has 2 aromatic heterocycles. The molecule has 0 aliphatic carbocycles. The second kappa shape index (κ2) is 10.1. The lowest BCUT2D eigenvalue weighted by Gasteiger charge is -2.13. The third kappa shape index (κ3) is 4.32. The van der Waals surface area contributed by atoms with Crippen LogP contribution in [0.2, 0.25) is 0 Å². The van der Waals surface area contributed by atoms with Crippen molar-refractivity contribution in [3.8, 4) is 50.6 Å². The van der Waals surface area contributed by atoms with Gasteiger partial charge in [0.05, 0.1) is 11.6 Å². The average molecular weight is 550 g/mol. The Kier molecular flexibility index (Phi) is 5.80. The molecule has 0 bridgehead atoms. The van der Waals surface area contributed by atoms with Gasteiger partial charge in [-0.25, -0.2) is 9.97 Å². The summed E-state index contributed by atoms with van der Waals surface area (Å²) in [5.41, 5.74) is 12.0. The molecule has 0 atom stereocenters. The summed E-state index contributed by atoms with van der Waals surface area (Å²) in [6.07, 6.45) is 3.34. The average Bonchev–Trinajstić information content (AvgIpc) is 3.46. The first-order valence-electron chi connectivity index (χ1n) is 14.1. The number of hydrogen-bond donors (Lipinski definition) is 0. The summed E-state index contributed by atoms with van der Waals surface area (Å²) in [6.45, 7) is 0. The highest BCUT2D eigenvalue weighted by Gasteiger charge is 2.12. The Bertz CT molecular complexity index is 2330. The van der Waals surface area contributed by atoms with Gasteiger partial charge in [0, 0.05) is 17.8 Å². The summed E-state index contributed by atoms with van der Waals surface area (Å²) in [5, 5.41) is 12.5.